The van der Waals surface area contributed by atoms with Crippen LogP contribution in [0.1, 0.15) is 18.9 Å². The molecule has 0 fully saturated rings. The van der Waals surface area contributed by atoms with E-state index in [0.717, 1.165) is 5.56 Å². The fourth-order valence-corrected chi connectivity index (χ4v) is 2.59. The zero-order chi connectivity index (χ0) is 18.9. The van der Waals surface area contributed by atoms with Gasteiger partial charge in [-0.15, -0.1) is 0 Å². The fraction of sp³-hybridized carbons (Fsp3) is 0.278. The Hall–Kier alpha value is -2.31. The van der Waals surface area contributed by atoms with E-state index in [2.05, 4.69) is 15.6 Å². The van der Waals surface area contributed by atoms with Gasteiger partial charge in [0.1, 0.15) is 5.75 Å². The molecule has 0 aliphatic carbocycles. The molecular weight excluding hydrogens is 377 g/mol. The van der Waals surface area contributed by atoms with Crippen molar-refractivity contribution < 1.29 is 14.3 Å². The van der Waals surface area contributed by atoms with Crippen LogP contribution < -0.4 is 15.4 Å². The summed E-state index contributed by atoms with van der Waals surface area (Å²) in [5, 5.41) is 6.26. The third kappa shape index (κ3) is 6.90. The van der Waals surface area contributed by atoms with Crippen molar-refractivity contribution in [3.63, 3.8) is 0 Å². The van der Waals surface area contributed by atoms with Gasteiger partial charge < -0.3 is 15.4 Å². The number of halogens is 2. The summed E-state index contributed by atoms with van der Waals surface area (Å²) in [4.78, 5) is 27.8. The van der Waals surface area contributed by atoms with E-state index in [1.165, 1.54) is 0 Å². The molecule has 138 valence electrons. The Labute approximate surface area is 161 Å². The number of nitrogens with zero attached hydrogens (tertiary/aromatic N) is 1. The molecular formula is C18H19Cl2N3O3. The lowest BCUT2D eigenvalue weighted by Crippen LogP contribution is -2.38. The maximum atomic E-state index is 12.0. The van der Waals surface area contributed by atoms with Gasteiger partial charge in [-0.05, 0) is 36.8 Å². The number of ether oxygens (including phenoxy) is 1. The van der Waals surface area contributed by atoms with Crippen LogP contribution in [-0.4, -0.2) is 29.4 Å². The summed E-state index contributed by atoms with van der Waals surface area (Å²) in [5.41, 5.74) is 0.909. The molecule has 1 unspecified atom stereocenters. The molecule has 8 heteroatoms. The Kier molecular flexibility index (Phi) is 7.69. The predicted octanol–water partition coefficient (Wildman–Crippen LogP) is 2.98. The molecule has 0 radical (unpaired) electrons. The monoisotopic (exact) mass is 395 g/mol. The summed E-state index contributed by atoms with van der Waals surface area (Å²) in [6.45, 7) is 2.21. The first kappa shape index (κ1) is 20.0. The minimum absolute atomic E-state index is 0.163. The number of rotatable bonds is 8. The Morgan fingerprint density at radius 3 is 2.58 bits per heavy atom. The van der Waals surface area contributed by atoms with Crippen molar-refractivity contribution in [3.05, 3.63) is 58.3 Å². The number of hydrogen-bond acceptors (Lipinski definition) is 4. The van der Waals surface area contributed by atoms with Crippen LogP contribution in [0.15, 0.2) is 42.7 Å². The van der Waals surface area contributed by atoms with Crippen molar-refractivity contribution in [2.75, 3.05) is 6.54 Å². The summed E-state index contributed by atoms with van der Waals surface area (Å²) in [6.07, 6.45) is 2.77. The third-order valence-electron chi connectivity index (χ3n) is 3.38. The average Bonchev–Trinajstić information content (AvgIpc) is 2.59. The van der Waals surface area contributed by atoms with Crippen LogP contribution in [0.4, 0.5) is 0 Å². The molecule has 0 spiro atoms. The SMILES string of the molecule is CC(Oc1cc(Cl)cc(Cl)c1)C(=O)NCCC(=O)NCc1cccnc1. The van der Waals surface area contributed by atoms with Crippen molar-refractivity contribution in [2.45, 2.75) is 26.0 Å². The summed E-state index contributed by atoms with van der Waals surface area (Å²) in [5.74, 6) is -0.0927. The second-order valence-corrected chi connectivity index (χ2v) is 6.42. The molecule has 1 aromatic carbocycles. The zero-order valence-electron chi connectivity index (χ0n) is 14.2. The van der Waals surface area contributed by atoms with Gasteiger partial charge in [-0.25, -0.2) is 0 Å². The lowest BCUT2D eigenvalue weighted by atomic mass is 10.3. The van der Waals surface area contributed by atoms with Crippen molar-refractivity contribution in [1.29, 1.82) is 0 Å². The third-order valence-corrected chi connectivity index (χ3v) is 3.82. The fourth-order valence-electron chi connectivity index (χ4n) is 2.09. The van der Waals surface area contributed by atoms with E-state index in [1.807, 2.05) is 6.07 Å². The van der Waals surface area contributed by atoms with Gasteiger partial charge in [0.25, 0.3) is 5.91 Å². The molecule has 1 heterocycles. The van der Waals surface area contributed by atoms with E-state index in [-0.39, 0.29) is 24.8 Å². The van der Waals surface area contributed by atoms with Gasteiger partial charge in [0, 0.05) is 41.9 Å². The van der Waals surface area contributed by atoms with Gasteiger partial charge in [0.05, 0.1) is 0 Å². The number of hydrogen-bond donors (Lipinski definition) is 2. The number of benzene rings is 1. The number of amides is 2. The number of carbonyl (C=O) groups is 2. The van der Waals surface area contributed by atoms with Crippen LogP contribution in [0, 0.1) is 0 Å². The largest absolute Gasteiger partial charge is 0.481 e. The summed E-state index contributed by atoms with van der Waals surface area (Å²) < 4.78 is 5.51. The number of pyridine rings is 1. The highest BCUT2D eigenvalue weighted by Gasteiger charge is 2.15. The molecule has 2 rings (SSSR count). The average molecular weight is 396 g/mol. The highest BCUT2D eigenvalue weighted by molar-refractivity contribution is 6.34. The minimum Gasteiger partial charge on any atom is -0.481 e. The van der Waals surface area contributed by atoms with Crippen LogP contribution in [0.2, 0.25) is 10.0 Å². The molecule has 1 atom stereocenters. The summed E-state index contributed by atoms with van der Waals surface area (Å²) in [6, 6.07) is 8.39. The molecule has 0 bridgehead atoms. The van der Waals surface area contributed by atoms with Crippen molar-refractivity contribution in [1.82, 2.24) is 15.6 Å². The first-order chi connectivity index (χ1) is 12.4. The molecule has 1 aromatic heterocycles. The Morgan fingerprint density at radius 2 is 1.92 bits per heavy atom. The van der Waals surface area contributed by atoms with Gasteiger partial charge in [-0.2, -0.15) is 0 Å². The van der Waals surface area contributed by atoms with Crippen LogP contribution >= 0.6 is 23.2 Å². The predicted molar refractivity (Wildman–Crippen MR) is 100 cm³/mol. The molecule has 0 saturated carbocycles. The van der Waals surface area contributed by atoms with Crippen LogP contribution in [0.25, 0.3) is 0 Å². The first-order valence-corrected chi connectivity index (χ1v) is 8.75. The van der Waals surface area contributed by atoms with Gasteiger partial charge >= 0.3 is 0 Å². The van der Waals surface area contributed by atoms with Crippen molar-refractivity contribution in [3.8, 4) is 5.75 Å². The van der Waals surface area contributed by atoms with E-state index in [1.54, 1.807) is 43.6 Å². The van der Waals surface area contributed by atoms with Crippen LogP contribution in [0.5, 0.6) is 5.75 Å². The van der Waals surface area contributed by atoms with Gasteiger partial charge in [-0.1, -0.05) is 29.3 Å². The maximum Gasteiger partial charge on any atom is 0.260 e. The molecule has 2 aromatic rings. The number of carbonyl (C=O) groups excluding carboxylic acids is 2. The minimum atomic E-state index is -0.747. The second kappa shape index (κ2) is 9.99. The highest BCUT2D eigenvalue weighted by Crippen LogP contribution is 2.24. The Balaban J connectivity index is 1.69. The standard InChI is InChI=1S/C18H19Cl2N3O3/c1-12(26-16-8-14(19)7-15(20)9-16)18(25)22-6-4-17(24)23-11-13-3-2-5-21-10-13/h2-3,5,7-10,12H,4,6,11H2,1H3,(H,22,25)(H,23,24). The molecule has 0 aliphatic rings. The molecule has 2 amide bonds. The number of nitrogens with one attached hydrogen (secondary N) is 2. The van der Waals surface area contributed by atoms with E-state index in [0.29, 0.717) is 22.3 Å². The molecule has 2 N–H and O–H groups in total. The van der Waals surface area contributed by atoms with Crippen molar-refractivity contribution >= 4 is 35.0 Å². The lowest BCUT2D eigenvalue weighted by Gasteiger charge is -2.15. The van der Waals surface area contributed by atoms with Gasteiger partial charge in [0.2, 0.25) is 5.91 Å². The molecule has 6 nitrogen and oxygen atoms in total. The summed E-state index contributed by atoms with van der Waals surface area (Å²) >= 11 is 11.8. The van der Waals surface area contributed by atoms with Crippen LogP contribution in [-0.2, 0) is 16.1 Å². The number of aromatic nitrogens is 1. The van der Waals surface area contributed by atoms with Gasteiger partial charge in [-0.3, -0.25) is 14.6 Å². The zero-order valence-corrected chi connectivity index (χ0v) is 15.7. The molecule has 0 saturated heterocycles. The second-order valence-electron chi connectivity index (χ2n) is 5.54. The lowest BCUT2D eigenvalue weighted by molar-refractivity contribution is -0.127. The van der Waals surface area contributed by atoms with E-state index < -0.39 is 6.10 Å². The quantitative estimate of drug-likeness (QED) is 0.719. The van der Waals surface area contributed by atoms with E-state index in [4.69, 9.17) is 27.9 Å². The maximum absolute atomic E-state index is 12.0. The summed E-state index contributed by atoms with van der Waals surface area (Å²) in [7, 11) is 0. The smallest absolute Gasteiger partial charge is 0.260 e. The molecule has 26 heavy (non-hydrogen) atoms. The Bertz CT molecular complexity index is 736. The Morgan fingerprint density at radius 1 is 1.19 bits per heavy atom. The van der Waals surface area contributed by atoms with E-state index in [9.17, 15) is 9.59 Å². The van der Waals surface area contributed by atoms with Crippen LogP contribution in [0.3, 0.4) is 0 Å². The van der Waals surface area contributed by atoms with Gasteiger partial charge in [0.15, 0.2) is 6.10 Å². The topological polar surface area (TPSA) is 80.3 Å². The first-order valence-electron chi connectivity index (χ1n) is 8.00. The highest BCUT2D eigenvalue weighted by atomic mass is 35.5. The normalized spacial score (nSPS) is 11.5. The van der Waals surface area contributed by atoms with E-state index >= 15 is 0 Å². The molecule has 0 aliphatic heterocycles. The van der Waals surface area contributed by atoms with Crippen molar-refractivity contribution in [2.24, 2.45) is 0 Å².